The molecule has 0 radical (unpaired) electrons. The maximum atomic E-state index is 12.4. The summed E-state index contributed by atoms with van der Waals surface area (Å²) in [4.78, 5) is 16.7. The first-order valence-corrected chi connectivity index (χ1v) is 11.8. The number of carbonyl (C=O) groups excluding carboxylic acids is 1. The Morgan fingerprint density at radius 2 is 1.83 bits per heavy atom. The smallest absolute Gasteiger partial charge is 0.410 e. The molecule has 5 nitrogen and oxygen atoms in total. The predicted molar refractivity (Wildman–Crippen MR) is 122 cm³/mol. The Morgan fingerprint density at radius 3 is 2.43 bits per heavy atom. The molecule has 0 aromatic heterocycles. The van der Waals surface area contributed by atoms with E-state index in [2.05, 4.69) is 17.9 Å². The summed E-state index contributed by atoms with van der Waals surface area (Å²) < 4.78 is 12.0. The van der Waals surface area contributed by atoms with Crippen molar-refractivity contribution < 1.29 is 14.3 Å². The number of piperidine rings is 1. The lowest BCUT2D eigenvalue weighted by atomic mass is 9.89. The van der Waals surface area contributed by atoms with E-state index in [1.54, 1.807) is 0 Å². The van der Waals surface area contributed by atoms with Gasteiger partial charge >= 0.3 is 6.09 Å². The Morgan fingerprint density at radius 1 is 1.17 bits per heavy atom. The summed E-state index contributed by atoms with van der Waals surface area (Å²) in [6.45, 7) is 12.6. The number of rotatable bonds is 6. The van der Waals surface area contributed by atoms with E-state index in [0.29, 0.717) is 24.0 Å². The Bertz CT molecular complexity index is 705. The third kappa shape index (κ3) is 6.52. The van der Waals surface area contributed by atoms with Crippen molar-refractivity contribution in [1.29, 1.82) is 0 Å². The summed E-state index contributed by atoms with van der Waals surface area (Å²) in [6, 6.07) is 6.02. The van der Waals surface area contributed by atoms with Gasteiger partial charge in [-0.3, -0.25) is 4.90 Å². The second-order valence-electron chi connectivity index (χ2n) is 9.58. The number of nitrogens with zero attached hydrogens (tertiary/aromatic N) is 2. The summed E-state index contributed by atoms with van der Waals surface area (Å²) in [5, 5.41) is 0.705. The van der Waals surface area contributed by atoms with E-state index in [9.17, 15) is 4.79 Å². The van der Waals surface area contributed by atoms with Gasteiger partial charge in [0, 0.05) is 24.7 Å². The van der Waals surface area contributed by atoms with Gasteiger partial charge in [-0.15, -0.1) is 0 Å². The number of halogens is 1. The molecule has 0 aliphatic carbocycles. The predicted octanol–water partition coefficient (Wildman–Crippen LogP) is 5.71. The summed E-state index contributed by atoms with van der Waals surface area (Å²) in [6.07, 6.45) is 5.30. The zero-order valence-corrected chi connectivity index (χ0v) is 19.7. The van der Waals surface area contributed by atoms with Gasteiger partial charge in [-0.05, 0) is 89.6 Å². The van der Waals surface area contributed by atoms with E-state index in [4.69, 9.17) is 21.1 Å². The van der Waals surface area contributed by atoms with Gasteiger partial charge < -0.3 is 14.4 Å². The van der Waals surface area contributed by atoms with Gasteiger partial charge in [0.1, 0.15) is 17.5 Å². The molecule has 2 aliphatic heterocycles. The number of likely N-dealkylation sites (tertiary alicyclic amines) is 2. The molecule has 1 amide bonds. The zero-order valence-electron chi connectivity index (χ0n) is 19.0. The highest BCUT2D eigenvalue weighted by atomic mass is 35.5. The Kier molecular flexibility index (Phi) is 7.92. The van der Waals surface area contributed by atoms with Gasteiger partial charge in [-0.2, -0.15) is 0 Å². The minimum atomic E-state index is -0.463. The van der Waals surface area contributed by atoms with Gasteiger partial charge in [0.05, 0.1) is 0 Å². The SMILES string of the molecule is CCC(CN1CCCC1)Oc1cc(Cl)ccc1C1CCN(C(=O)OC(C)(C)C)CC1. The zero-order chi connectivity index (χ0) is 21.7. The second-order valence-corrected chi connectivity index (χ2v) is 10.0. The molecule has 2 heterocycles. The number of benzene rings is 1. The summed E-state index contributed by atoms with van der Waals surface area (Å²) >= 11 is 6.32. The first-order valence-electron chi connectivity index (χ1n) is 11.4. The highest BCUT2D eigenvalue weighted by Crippen LogP contribution is 2.37. The number of hydrogen-bond acceptors (Lipinski definition) is 4. The largest absolute Gasteiger partial charge is 0.489 e. The van der Waals surface area contributed by atoms with Crippen molar-refractivity contribution in [2.24, 2.45) is 0 Å². The van der Waals surface area contributed by atoms with Crippen molar-refractivity contribution in [1.82, 2.24) is 9.80 Å². The van der Waals surface area contributed by atoms with Gasteiger partial charge in [-0.1, -0.05) is 24.6 Å². The molecule has 0 bridgehead atoms. The minimum absolute atomic E-state index is 0.169. The van der Waals surface area contributed by atoms with Crippen LogP contribution in [0.15, 0.2) is 18.2 Å². The maximum Gasteiger partial charge on any atom is 0.410 e. The van der Waals surface area contributed by atoms with E-state index < -0.39 is 5.60 Å². The number of ether oxygens (including phenoxy) is 2. The molecule has 0 spiro atoms. The van der Waals surface area contributed by atoms with Crippen LogP contribution in [0.1, 0.15) is 71.3 Å². The molecular weight excluding hydrogens is 400 g/mol. The third-order valence-corrected chi connectivity index (χ3v) is 6.21. The molecule has 1 atom stereocenters. The summed E-state index contributed by atoms with van der Waals surface area (Å²) in [5.41, 5.74) is 0.749. The first kappa shape index (κ1) is 23.2. The Labute approximate surface area is 186 Å². The maximum absolute atomic E-state index is 12.4. The minimum Gasteiger partial charge on any atom is -0.489 e. The average Bonchev–Trinajstić information content (AvgIpc) is 3.19. The molecule has 1 unspecified atom stereocenters. The van der Waals surface area contributed by atoms with Crippen LogP contribution in [0.3, 0.4) is 0 Å². The molecular formula is C24H37ClN2O3. The Balaban J connectivity index is 1.64. The number of carbonyl (C=O) groups is 1. The summed E-state index contributed by atoms with van der Waals surface area (Å²) in [5.74, 6) is 1.27. The van der Waals surface area contributed by atoms with Crippen molar-refractivity contribution in [2.45, 2.75) is 77.4 Å². The van der Waals surface area contributed by atoms with Crippen LogP contribution < -0.4 is 4.74 Å². The van der Waals surface area contributed by atoms with E-state index >= 15 is 0 Å². The lowest BCUT2D eigenvalue weighted by Crippen LogP contribution is -2.41. The van der Waals surface area contributed by atoms with Crippen molar-refractivity contribution in [3.05, 3.63) is 28.8 Å². The van der Waals surface area contributed by atoms with Crippen LogP contribution in [0, 0.1) is 0 Å². The Hall–Kier alpha value is -1.46. The lowest BCUT2D eigenvalue weighted by molar-refractivity contribution is 0.0204. The van der Waals surface area contributed by atoms with E-state index in [1.165, 1.54) is 31.5 Å². The monoisotopic (exact) mass is 436 g/mol. The molecule has 168 valence electrons. The van der Waals surface area contributed by atoms with Gasteiger partial charge in [0.15, 0.2) is 0 Å². The lowest BCUT2D eigenvalue weighted by Gasteiger charge is -2.34. The molecule has 2 saturated heterocycles. The van der Waals surface area contributed by atoms with E-state index in [0.717, 1.165) is 31.6 Å². The molecule has 0 N–H and O–H groups in total. The molecule has 3 rings (SSSR count). The standard InChI is InChI=1S/C24H37ClN2O3/c1-5-20(17-26-12-6-7-13-26)29-22-16-19(25)8-9-21(22)18-10-14-27(15-11-18)23(28)30-24(2,3)4/h8-9,16,18,20H,5-7,10-15,17H2,1-4H3. The van der Waals surface area contributed by atoms with Gasteiger partial charge in [-0.25, -0.2) is 4.79 Å². The van der Waals surface area contributed by atoms with Crippen molar-refractivity contribution in [3.8, 4) is 5.75 Å². The van der Waals surface area contributed by atoms with Crippen molar-refractivity contribution in [3.63, 3.8) is 0 Å². The molecule has 2 fully saturated rings. The van der Waals surface area contributed by atoms with E-state index in [1.807, 2.05) is 37.8 Å². The van der Waals surface area contributed by atoms with Crippen LogP contribution in [0.2, 0.25) is 5.02 Å². The topological polar surface area (TPSA) is 42.0 Å². The van der Waals surface area contributed by atoms with E-state index in [-0.39, 0.29) is 12.2 Å². The normalized spacial score (nSPS) is 19.7. The second kappa shape index (κ2) is 10.2. The molecule has 1 aromatic rings. The highest BCUT2D eigenvalue weighted by Gasteiger charge is 2.29. The number of hydrogen-bond donors (Lipinski definition) is 0. The average molecular weight is 437 g/mol. The fourth-order valence-corrected chi connectivity index (χ4v) is 4.49. The van der Waals surface area contributed by atoms with Crippen LogP contribution in [0.25, 0.3) is 0 Å². The van der Waals surface area contributed by atoms with Crippen LogP contribution in [0.5, 0.6) is 5.75 Å². The highest BCUT2D eigenvalue weighted by molar-refractivity contribution is 6.30. The number of amides is 1. The van der Waals surface area contributed by atoms with Crippen LogP contribution in [0.4, 0.5) is 4.79 Å². The fraction of sp³-hybridized carbons (Fsp3) is 0.708. The third-order valence-electron chi connectivity index (χ3n) is 5.97. The first-order chi connectivity index (χ1) is 14.2. The fourth-order valence-electron chi connectivity index (χ4n) is 4.33. The van der Waals surface area contributed by atoms with Crippen LogP contribution in [-0.2, 0) is 4.74 Å². The van der Waals surface area contributed by atoms with Gasteiger partial charge in [0.2, 0.25) is 0 Å². The molecule has 6 heteroatoms. The van der Waals surface area contributed by atoms with Gasteiger partial charge in [0.25, 0.3) is 0 Å². The molecule has 1 aromatic carbocycles. The van der Waals surface area contributed by atoms with Crippen molar-refractivity contribution >= 4 is 17.7 Å². The van der Waals surface area contributed by atoms with Crippen LogP contribution >= 0.6 is 11.6 Å². The van der Waals surface area contributed by atoms with Crippen molar-refractivity contribution in [2.75, 3.05) is 32.7 Å². The molecule has 30 heavy (non-hydrogen) atoms. The summed E-state index contributed by atoms with van der Waals surface area (Å²) in [7, 11) is 0. The molecule has 2 aliphatic rings. The quantitative estimate of drug-likeness (QED) is 0.572. The molecule has 0 saturated carbocycles. The van der Waals surface area contributed by atoms with Crippen LogP contribution in [-0.4, -0.2) is 60.3 Å².